The zero-order valence-corrected chi connectivity index (χ0v) is 10.9. The largest absolute Gasteiger partial charge is 0.479 e. The van der Waals surface area contributed by atoms with Crippen molar-refractivity contribution in [3.8, 4) is 0 Å². The van der Waals surface area contributed by atoms with E-state index < -0.39 is 41.1 Å². The molecule has 0 fully saturated rings. The number of carboxylic acid groups (broad SMARTS) is 1. The molecule has 0 spiro atoms. The van der Waals surface area contributed by atoms with Gasteiger partial charge in [0, 0.05) is 17.7 Å². The van der Waals surface area contributed by atoms with E-state index in [1.54, 1.807) is 0 Å². The third kappa shape index (κ3) is 3.83. The van der Waals surface area contributed by atoms with E-state index in [9.17, 15) is 35.0 Å². The van der Waals surface area contributed by atoms with E-state index in [0.29, 0.717) is 0 Å². The fourth-order valence-electron chi connectivity index (χ4n) is 1.59. The van der Waals surface area contributed by atoms with Crippen molar-refractivity contribution < 1.29 is 40.0 Å². The lowest BCUT2D eigenvalue weighted by molar-refractivity contribution is -0.384. The number of nitro benzene ring substituents is 1. The molecule has 0 aromatic heterocycles. The Morgan fingerprint density at radius 3 is 1.82 bits per heavy atom. The van der Waals surface area contributed by atoms with E-state index >= 15 is 0 Å². The van der Waals surface area contributed by atoms with E-state index in [4.69, 9.17) is 10.2 Å². The minimum Gasteiger partial charge on any atom is -0.479 e. The summed E-state index contributed by atoms with van der Waals surface area (Å²) in [5.74, 6) is -2.94. The van der Waals surface area contributed by atoms with Crippen LogP contribution in [0.25, 0.3) is 0 Å². The van der Waals surface area contributed by atoms with Crippen molar-refractivity contribution >= 4 is 17.4 Å². The van der Waals surface area contributed by atoms with Gasteiger partial charge in [0.25, 0.3) is 5.69 Å². The number of hydrogen-bond donors (Lipinski definition) is 5. The van der Waals surface area contributed by atoms with Gasteiger partial charge >= 0.3 is 5.97 Å². The Morgan fingerprint density at radius 2 is 1.41 bits per heavy atom. The number of carbonyl (C=O) groups is 2. The van der Waals surface area contributed by atoms with Crippen LogP contribution in [0, 0.1) is 10.1 Å². The van der Waals surface area contributed by atoms with Crippen LogP contribution in [0.2, 0.25) is 0 Å². The summed E-state index contributed by atoms with van der Waals surface area (Å²) in [4.78, 5) is 32.1. The van der Waals surface area contributed by atoms with Crippen molar-refractivity contribution in [2.75, 3.05) is 0 Å². The lowest BCUT2D eigenvalue weighted by atomic mass is 9.96. The molecule has 0 aliphatic rings. The molecular formula is C12H13NO9. The Bertz CT molecular complexity index is 570. The fraction of sp³-hybridized carbons (Fsp3) is 0.333. The van der Waals surface area contributed by atoms with Gasteiger partial charge in [0.2, 0.25) is 0 Å². The number of nitrogens with zero attached hydrogens (tertiary/aromatic N) is 1. The lowest BCUT2D eigenvalue weighted by Gasteiger charge is -2.23. The first-order chi connectivity index (χ1) is 10.2. The summed E-state index contributed by atoms with van der Waals surface area (Å²) in [6.07, 6.45) is -9.16. The molecule has 5 N–H and O–H groups in total. The second-order valence-corrected chi connectivity index (χ2v) is 4.38. The average Bonchev–Trinajstić information content (AvgIpc) is 2.51. The second kappa shape index (κ2) is 7.04. The maximum Gasteiger partial charge on any atom is 0.335 e. The molecule has 0 aliphatic heterocycles. The molecule has 10 nitrogen and oxygen atoms in total. The van der Waals surface area contributed by atoms with Gasteiger partial charge in [-0.05, 0) is 12.1 Å². The summed E-state index contributed by atoms with van der Waals surface area (Å²) in [6, 6.07) is 4.04. The van der Waals surface area contributed by atoms with Gasteiger partial charge in [0.05, 0.1) is 4.92 Å². The van der Waals surface area contributed by atoms with Crippen molar-refractivity contribution in [2.45, 2.75) is 24.4 Å². The normalized spacial score (nSPS) is 16.4. The molecule has 22 heavy (non-hydrogen) atoms. The first kappa shape index (κ1) is 17.7. The van der Waals surface area contributed by atoms with Crippen molar-refractivity contribution in [2.24, 2.45) is 0 Å². The SMILES string of the molecule is O=C(O)C(O)C(O)C(O)C(O)C(=O)c1ccc([N+](=O)[O-])cc1. The smallest absolute Gasteiger partial charge is 0.335 e. The van der Waals surface area contributed by atoms with Crippen LogP contribution >= 0.6 is 0 Å². The number of aliphatic hydroxyl groups excluding tert-OH is 4. The van der Waals surface area contributed by atoms with Gasteiger partial charge < -0.3 is 25.5 Å². The molecule has 120 valence electrons. The molecular weight excluding hydrogens is 302 g/mol. The van der Waals surface area contributed by atoms with Gasteiger partial charge in [-0.25, -0.2) is 4.79 Å². The molecule has 0 bridgehead atoms. The van der Waals surface area contributed by atoms with Gasteiger partial charge in [0.15, 0.2) is 11.9 Å². The molecule has 0 radical (unpaired) electrons. The van der Waals surface area contributed by atoms with Crippen LogP contribution in [-0.2, 0) is 4.79 Å². The van der Waals surface area contributed by atoms with Crippen LogP contribution in [0.5, 0.6) is 0 Å². The number of non-ortho nitro benzene ring substituents is 1. The second-order valence-electron chi connectivity index (χ2n) is 4.38. The molecule has 1 aromatic carbocycles. The lowest BCUT2D eigenvalue weighted by Crippen LogP contribution is -2.50. The number of rotatable bonds is 7. The summed E-state index contributed by atoms with van der Waals surface area (Å²) < 4.78 is 0. The summed E-state index contributed by atoms with van der Waals surface area (Å²) in [5.41, 5.74) is -0.498. The van der Waals surface area contributed by atoms with Crippen LogP contribution in [0.15, 0.2) is 24.3 Å². The van der Waals surface area contributed by atoms with Crippen molar-refractivity contribution in [3.05, 3.63) is 39.9 Å². The molecule has 0 saturated heterocycles. The highest BCUT2D eigenvalue weighted by atomic mass is 16.6. The Morgan fingerprint density at radius 1 is 0.955 bits per heavy atom. The minimum absolute atomic E-state index is 0.200. The number of Topliss-reactive ketones (excluding diaryl/α,β-unsaturated/α-hetero) is 1. The summed E-state index contributed by atoms with van der Waals surface area (Å²) >= 11 is 0. The number of aliphatic carboxylic acids is 1. The summed E-state index contributed by atoms with van der Waals surface area (Å²) in [5, 5.41) is 56.5. The highest BCUT2D eigenvalue weighted by Gasteiger charge is 2.37. The highest BCUT2D eigenvalue weighted by molar-refractivity contribution is 6.00. The maximum absolute atomic E-state index is 11.8. The van der Waals surface area contributed by atoms with Gasteiger partial charge in [-0.15, -0.1) is 0 Å². The molecule has 1 aromatic rings. The van der Waals surface area contributed by atoms with Crippen molar-refractivity contribution in [1.29, 1.82) is 0 Å². The quantitative estimate of drug-likeness (QED) is 0.223. The Kier molecular flexibility index (Phi) is 5.65. The topological polar surface area (TPSA) is 178 Å². The predicted molar refractivity (Wildman–Crippen MR) is 69.1 cm³/mol. The number of hydrogen-bond acceptors (Lipinski definition) is 8. The number of benzene rings is 1. The number of carboxylic acids is 1. The van der Waals surface area contributed by atoms with Crippen LogP contribution in [0.3, 0.4) is 0 Å². The average molecular weight is 315 g/mol. The zero-order chi connectivity index (χ0) is 17.0. The Balaban J connectivity index is 2.87. The molecule has 4 unspecified atom stereocenters. The van der Waals surface area contributed by atoms with Crippen LogP contribution in [-0.4, -0.2) is 66.6 Å². The van der Waals surface area contributed by atoms with Crippen molar-refractivity contribution in [3.63, 3.8) is 0 Å². The van der Waals surface area contributed by atoms with E-state index in [-0.39, 0.29) is 11.3 Å². The molecule has 0 aliphatic carbocycles. The fourth-order valence-corrected chi connectivity index (χ4v) is 1.59. The van der Waals surface area contributed by atoms with Crippen LogP contribution in [0.4, 0.5) is 5.69 Å². The number of carbonyl (C=O) groups excluding carboxylic acids is 1. The molecule has 0 heterocycles. The molecule has 0 amide bonds. The minimum atomic E-state index is -2.39. The van der Waals surface area contributed by atoms with Crippen LogP contribution < -0.4 is 0 Å². The van der Waals surface area contributed by atoms with Crippen LogP contribution in [0.1, 0.15) is 10.4 Å². The predicted octanol–water partition coefficient (Wildman–Crippen LogP) is -1.69. The molecule has 4 atom stereocenters. The summed E-state index contributed by atoms with van der Waals surface area (Å²) in [6.45, 7) is 0. The summed E-state index contributed by atoms with van der Waals surface area (Å²) in [7, 11) is 0. The Hall–Kier alpha value is -2.40. The zero-order valence-electron chi connectivity index (χ0n) is 10.9. The number of aliphatic hydroxyl groups is 4. The first-order valence-electron chi connectivity index (χ1n) is 5.90. The first-order valence-corrected chi connectivity index (χ1v) is 5.90. The monoisotopic (exact) mass is 315 g/mol. The third-order valence-corrected chi connectivity index (χ3v) is 2.88. The number of ketones is 1. The van der Waals surface area contributed by atoms with E-state index in [1.807, 2.05) is 0 Å². The van der Waals surface area contributed by atoms with Gasteiger partial charge in [0.1, 0.15) is 18.3 Å². The molecule has 1 rings (SSSR count). The molecule has 10 heteroatoms. The molecule has 0 saturated carbocycles. The highest BCUT2D eigenvalue weighted by Crippen LogP contribution is 2.15. The maximum atomic E-state index is 11.8. The number of nitro groups is 1. The van der Waals surface area contributed by atoms with E-state index in [0.717, 1.165) is 24.3 Å². The van der Waals surface area contributed by atoms with Gasteiger partial charge in [-0.3, -0.25) is 14.9 Å². The van der Waals surface area contributed by atoms with E-state index in [2.05, 4.69) is 0 Å². The van der Waals surface area contributed by atoms with E-state index in [1.165, 1.54) is 0 Å². The van der Waals surface area contributed by atoms with Gasteiger partial charge in [-0.2, -0.15) is 0 Å². The van der Waals surface area contributed by atoms with Crippen molar-refractivity contribution in [1.82, 2.24) is 0 Å². The van der Waals surface area contributed by atoms with Gasteiger partial charge in [-0.1, -0.05) is 0 Å². The standard InChI is InChI=1S/C12H13NO9/c14-7(5-1-3-6(4-2-5)13(21)22)8(15)9(16)10(17)11(18)12(19)20/h1-4,8-11,15-18H,(H,19,20). The third-order valence-electron chi connectivity index (χ3n) is 2.88. The Labute approximate surface area is 123 Å².